The van der Waals surface area contributed by atoms with Crippen LogP contribution in [0.1, 0.15) is 91.9 Å². The van der Waals surface area contributed by atoms with E-state index in [4.69, 9.17) is 9.47 Å². The van der Waals surface area contributed by atoms with Crippen LogP contribution in [0.25, 0.3) is 0 Å². The van der Waals surface area contributed by atoms with Gasteiger partial charge in [0, 0.05) is 19.8 Å². The number of fused-ring (bicyclic) bond motifs is 5. The summed E-state index contributed by atoms with van der Waals surface area (Å²) in [6.07, 6.45) is 13.1. The maximum Gasteiger partial charge on any atom is 0.303 e. The van der Waals surface area contributed by atoms with Crippen LogP contribution in [0.3, 0.4) is 0 Å². The quantitative estimate of drug-likeness (QED) is 0.578. The lowest BCUT2D eigenvalue weighted by Crippen LogP contribution is -2.53. The molecule has 0 radical (unpaired) electrons. The van der Waals surface area contributed by atoms with E-state index in [0.29, 0.717) is 11.3 Å². The highest BCUT2D eigenvalue weighted by molar-refractivity contribution is 5.67. The molecule has 0 N–H and O–H groups in total. The van der Waals surface area contributed by atoms with Crippen molar-refractivity contribution in [3.63, 3.8) is 0 Å². The van der Waals surface area contributed by atoms with E-state index in [0.717, 1.165) is 30.1 Å². The molecule has 0 aliphatic heterocycles. The second-order valence-corrected chi connectivity index (χ2v) is 11.1. The van der Waals surface area contributed by atoms with E-state index in [1.165, 1.54) is 71.6 Å². The molecule has 0 bridgehead atoms. The summed E-state index contributed by atoms with van der Waals surface area (Å²) in [4.78, 5) is 23.2. The molecule has 0 heterocycles. The number of carbonyl (C=O) groups is 2. The maximum absolute atomic E-state index is 11.8. The predicted octanol–water partition coefficient (Wildman–Crippen LogP) is 5.53. The predicted molar refractivity (Wildman–Crippen MR) is 112 cm³/mol. The smallest absolute Gasteiger partial charge is 0.303 e. The molecule has 4 rings (SSSR count). The monoisotopic (exact) mass is 404 g/mol. The standard InChI is InChI=1S/C25H40O4/c1-16(26)28-15-23(29-17(2)27)22-11-10-20-19-9-8-18-7-5-6-13-24(18,3)21(19)12-14-25(20,22)4/h18-23H,5-15H2,1-4H3/t18-,19-,20-,21-,22+,23+,24-,25-/m0/s1. The van der Waals surface area contributed by atoms with Gasteiger partial charge in [0.15, 0.2) is 0 Å². The minimum Gasteiger partial charge on any atom is -0.462 e. The Bertz CT molecular complexity index is 645. The Morgan fingerprint density at radius 3 is 2.34 bits per heavy atom. The summed E-state index contributed by atoms with van der Waals surface area (Å²) in [6.45, 7) is 8.17. The lowest BCUT2D eigenvalue weighted by Gasteiger charge is -2.60. The molecular weight excluding hydrogens is 364 g/mol. The van der Waals surface area contributed by atoms with Gasteiger partial charge in [-0.3, -0.25) is 9.59 Å². The highest BCUT2D eigenvalue weighted by Gasteiger charge is 2.61. The number of ether oxygens (including phenoxy) is 2. The van der Waals surface area contributed by atoms with Gasteiger partial charge in [0.1, 0.15) is 12.7 Å². The van der Waals surface area contributed by atoms with E-state index in [-0.39, 0.29) is 30.1 Å². The van der Waals surface area contributed by atoms with Crippen molar-refractivity contribution in [2.45, 2.75) is 98.0 Å². The highest BCUT2D eigenvalue weighted by atomic mass is 16.6. The van der Waals surface area contributed by atoms with Crippen LogP contribution in [0.4, 0.5) is 0 Å². The zero-order valence-electron chi connectivity index (χ0n) is 18.9. The van der Waals surface area contributed by atoms with Crippen molar-refractivity contribution in [3.05, 3.63) is 0 Å². The Balaban J connectivity index is 1.55. The zero-order valence-corrected chi connectivity index (χ0v) is 18.9. The lowest BCUT2D eigenvalue weighted by molar-refractivity contribution is -0.167. The first-order valence-electron chi connectivity index (χ1n) is 12.1. The minimum absolute atomic E-state index is 0.194. The van der Waals surface area contributed by atoms with E-state index in [1.807, 2.05) is 0 Å². The van der Waals surface area contributed by atoms with Crippen LogP contribution in [-0.2, 0) is 19.1 Å². The molecule has 29 heavy (non-hydrogen) atoms. The van der Waals surface area contributed by atoms with Crippen LogP contribution in [0.5, 0.6) is 0 Å². The Morgan fingerprint density at radius 1 is 0.862 bits per heavy atom. The Labute approximate surface area is 176 Å². The molecule has 8 atom stereocenters. The molecule has 0 amide bonds. The van der Waals surface area contributed by atoms with Crippen LogP contribution in [0, 0.1) is 40.4 Å². The third-order valence-corrected chi connectivity index (χ3v) is 9.87. The molecule has 0 aromatic heterocycles. The average Bonchev–Trinajstić information content (AvgIpc) is 3.01. The first kappa shape index (κ1) is 21.2. The summed E-state index contributed by atoms with van der Waals surface area (Å²) >= 11 is 0. The molecule has 0 aromatic carbocycles. The molecule has 0 aromatic rings. The molecule has 4 fully saturated rings. The van der Waals surface area contributed by atoms with Gasteiger partial charge in [0.2, 0.25) is 0 Å². The molecule has 0 spiro atoms. The number of hydrogen-bond acceptors (Lipinski definition) is 4. The summed E-state index contributed by atoms with van der Waals surface area (Å²) in [5.41, 5.74) is 0.743. The van der Waals surface area contributed by atoms with Gasteiger partial charge in [-0.15, -0.1) is 0 Å². The van der Waals surface area contributed by atoms with Gasteiger partial charge in [0.05, 0.1) is 0 Å². The third-order valence-electron chi connectivity index (χ3n) is 9.87. The van der Waals surface area contributed by atoms with E-state index in [1.54, 1.807) is 0 Å². The number of esters is 2. The molecule has 4 aliphatic rings. The second-order valence-electron chi connectivity index (χ2n) is 11.1. The Hall–Kier alpha value is -1.06. The molecular formula is C25H40O4. The third kappa shape index (κ3) is 3.63. The minimum atomic E-state index is -0.301. The highest BCUT2D eigenvalue weighted by Crippen LogP contribution is 2.67. The Morgan fingerprint density at radius 2 is 1.62 bits per heavy atom. The van der Waals surface area contributed by atoms with E-state index >= 15 is 0 Å². The number of rotatable bonds is 4. The average molecular weight is 405 g/mol. The normalized spacial score (nSPS) is 44.8. The maximum atomic E-state index is 11.8. The zero-order chi connectivity index (χ0) is 20.8. The van der Waals surface area contributed by atoms with Crippen molar-refractivity contribution in [2.75, 3.05) is 6.61 Å². The van der Waals surface area contributed by atoms with Crippen molar-refractivity contribution in [3.8, 4) is 0 Å². The van der Waals surface area contributed by atoms with Gasteiger partial charge in [-0.2, -0.15) is 0 Å². The molecule has 164 valence electrons. The summed E-state index contributed by atoms with van der Waals surface area (Å²) in [7, 11) is 0. The number of hydrogen-bond donors (Lipinski definition) is 0. The molecule has 4 aliphatic carbocycles. The topological polar surface area (TPSA) is 52.6 Å². The SMILES string of the molecule is CC(=O)OC[C@@H](OC(C)=O)[C@H]1CC[C@H]2[C@@H]3CC[C@@H]4CCCC[C@]4(C)[C@H]3CC[C@]12C. The molecule has 4 saturated carbocycles. The molecule has 4 heteroatoms. The van der Waals surface area contributed by atoms with Crippen LogP contribution in [0.2, 0.25) is 0 Å². The summed E-state index contributed by atoms with van der Waals surface area (Å²) in [5.74, 6) is 3.10. The fourth-order valence-electron chi connectivity index (χ4n) is 8.59. The van der Waals surface area contributed by atoms with Crippen LogP contribution in [0.15, 0.2) is 0 Å². The fraction of sp³-hybridized carbons (Fsp3) is 0.920. The van der Waals surface area contributed by atoms with Gasteiger partial charge in [0.25, 0.3) is 0 Å². The van der Waals surface area contributed by atoms with Crippen molar-refractivity contribution in [1.29, 1.82) is 0 Å². The lowest BCUT2D eigenvalue weighted by atomic mass is 9.45. The largest absolute Gasteiger partial charge is 0.462 e. The van der Waals surface area contributed by atoms with Gasteiger partial charge >= 0.3 is 11.9 Å². The van der Waals surface area contributed by atoms with Crippen LogP contribution in [-0.4, -0.2) is 24.6 Å². The van der Waals surface area contributed by atoms with Gasteiger partial charge in [-0.1, -0.05) is 26.7 Å². The molecule has 4 nitrogen and oxygen atoms in total. The van der Waals surface area contributed by atoms with Gasteiger partial charge in [-0.25, -0.2) is 0 Å². The van der Waals surface area contributed by atoms with Crippen molar-refractivity contribution >= 4 is 11.9 Å². The first-order valence-corrected chi connectivity index (χ1v) is 12.1. The summed E-state index contributed by atoms with van der Waals surface area (Å²) in [6, 6.07) is 0. The number of carbonyl (C=O) groups excluding carboxylic acids is 2. The van der Waals surface area contributed by atoms with Gasteiger partial charge < -0.3 is 9.47 Å². The molecule has 0 unspecified atom stereocenters. The van der Waals surface area contributed by atoms with Crippen LogP contribution < -0.4 is 0 Å². The first-order chi connectivity index (χ1) is 13.8. The van der Waals surface area contributed by atoms with E-state index in [9.17, 15) is 9.59 Å². The van der Waals surface area contributed by atoms with Crippen molar-refractivity contribution < 1.29 is 19.1 Å². The van der Waals surface area contributed by atoms with Gasteiger partial charge in [-0.05, 0) is 85.9 Å². The van der Waals surface area contributed by atoms with E-state index < -0.39 is 0 Å². The summed E-state index contributed by atoms with van der Waals surface area (Å²) < 4.78 is 11.0. The molecule has 0 saturated heterocycles. The van der Waals surface area contributed by atoms with Crippen molar-refractivity contribution in [2.24, 2.45) is 40.4 Å². The second kappa shape index (κ2) is 7.89. The van der Waals surface area contributed by atoms with E-state index in [2.05, 4.69) is 13.8 Å². The Kier molecular flexibility index (Phi) is 5.76. The summed E-state index contributed by atoms with van der Waals surface area (Å²) in [5, 5.41) is 0. The van der Waals surface area contributed by atoms with Crippen molar-refractivity contribution in [1.82, 2.24) is 0 Å². The fourth-order valence-corrected chi connectivity index (χ4v) is 8.59. The van der Waals surface area contributed by atoms with Crippen LogP contribution >= 0.6 is 0 Å².